The zero-order valence-corrected chi connectivity index (χ0v) is 12.1. The van der Waals surface area contributed by atoms with E-state index in [1.807, 2.05) is 0 Å². The van der Waals surface area contributed by atoms with Crippen LogP contribution in [0.1, 0.15) is 15.9 Å². The Hall–Kier alpha value is -2.02. The zero-order chi connectivity index (χ0) is 15.6. The quantitative estimate of drug-likeness (QED) is 0.786. The molecule has 0 aliphatic rings. The first kappa shape index (κ1) is 15.4. The average molecular weight is 359 g/mol. The van der Waals surface area contributed by atoms with E-state index >= 15 is 0 Å². The van der Waals surface area contributed by atoms with Crippen molar-refractivity contribution in [2.75, 3.05) is 11.1 Å². The van der Waals surface area contributed by atoms with Gasteiger partial charge in [0.15, 0.2) is 0 Å². The maximum atomic E-state index is 12.6. The van der Waals surface area contributed by atoms with Crippen molar-refractivity contribution in [2.24, 2.45) is 0 Å². The Morgan fingerprint density at radius 3 is 2.48 bits per heavy atom. The number of anilines is 2. The molecular weight excluding hydrogens is 349 g/mol. The Bertz CT molecular complexity index is 686. The summed E-state index contributed by atoms with van der Waals surface area (Å²) in [6, 6.07) is 8.93. The second kappa shape index (κ2) is 5.77. The molecule has 0 atom stereocenters. The molecule has 0 saturated heterocycles. The molecule has 110 valence electrons. The summed E-state index contributed by atoms with van der Waals surface area (Å²) >= 11 is 3.20. The van der Waals surface area contributed by atoms with Crippen molar-refractivity contribution in [1.29, 1.82) is 0 Å². The van der Waals surface area contributed by atoms with Gasteiger partial charge in [0.2, 0.25) is 0 Å². The third kappa shape index (κ3) is 3.75. The first-order valence-electron chi connectivity index (χ1n) is 5.81. The number of carbonyl (C=O) groups is 1. The Kier molecular flexibility index (Phi) is 4.22. The number of carbonyl (C=O) groups excluding carboxylic acids is 1. The van der Waals surface area contributed by atoms with E-state index in [1.54, 1.807) is 18.2 Å². The summed E-state index contributed by atoms with van der Waals surface area (Å²) in [6.07, 6.45) is -4.49. The molecule has 21 heavy (non-hydrogen) atoms. The van der Waals surface area contributed by atoms with E-state index < -0.39 is 17.6 Å². The largest absolute Gasteiger partial charge is 0.416 e. The molecule has 2 rings (SSSR count). The van der Waals surface area contributed by atoms with E-state index in [9.17, 15) is 18.0 Å². The molecule has 3 nitrogen and oxygen atoms in total. The summed E-state index contributed by atoms with van der Waals surface area (Å²) in [6.45, 7) is 0. The van der Waals surface area contributed by atoms with Crippen LogP contribution in [0, 0.1) is 0 Å². The number of nitrogens with two attached hydrogens (primary N) is 1. The monoisotopic (exact) mass is 358 g/mol. The molecule has 0 spiro atoms. The summed E-state index contributed by atoms with van der Waals surface area (Å²) in [4.78, 5) is 12.0. The molecule has 0 aromatic heterocycles. The minimum Gasteiger partial charge on any atom is -0.398 e. The Labute approximate surface area is 127 Å². The number of hydrogen-bond acceptors (Lipinski definition) is 2. The lowest BCUT2D eigenvalue weighted by molar-refractivity contribution is -0.137. The number of hydrogen-bond donors (Lipinski definition) is 2. The second-order valence-electron chi connectivity index (χ2n) is 4.27. The van der Waals surface area contributed by atoms with Gasteiger partial charge in [-0.15, -0.1) is 0 Å². The average Bonchev–Trinajstić information content (AvgIpc) is 2.42. The van der Waals surface area contributed by atoms with Gasteiger partial charge in [0, 0.05) is 21.4 Å². The van der Waals surface area contributed by atoms with Gasteiger partial charge < -0.3 is 11.1 Å². The number of halogens is 4. The molecule has 2 aromatic rings. The number of benzene rings is 2. The van der Waals surface area contributed by atoms with Gasteiger partial charge in [0.05, 0.1) is 5.56 Å². The maximum Gasteiger partial charge on any atom is 0.416 e. The zero-order valence-electron chi connectivity index (χ0n) is 10.5. The van der Waals surface area contributed by atoms with Crippen molar-refractivity contribution in [3.8, 4) is 0 Å². The van der Waals surface area contributed by atoms with Crippen LogP contribution < -0.4 is 11.1 Å². The van der Waals surface area contributed by atoms with Crippen LogP contribution in [0.2, 0.25) is 0 Å². The lowest BCUT2D eigenvalue weighted by atomic mass is 10.1. The van der Waals surface area contributed by atoms with Crippen molar-refractivity contribution < 1.29 is 18.0 Å². The minimum atomic E-state index is -4.49. The summed E-state index contributed by atoms with van der Waals surface area (Å²) in [7, 11) is 0. The normalized spacial score (nSPS) is 11.2. The van der Waals surface area contributed by atoms with Crippen molar-refractivity contribution in [1.82, 2.24) is 0 Å². The third-order valence-corrected chi connectivity index (χ3v) is 3.40. The van der Waals surface area contributed by atoms with E-state index in [0.717, 1.165) is 12.1 Å². The fourth-order valence-electron chi connectivity index (χ4n) is 1.64. The van der Waals surface area contributed by atoms with Crippen LogP contribution in [0.3, 0.4) is 0 Å². The van der Waals surface area contributed by atoms with Crippen LogP contribution in [0.4, 0.5) is 24.5 Å². The molecule has 0 unspecified atom stereocenters. The van der Waals surface area contributed by atoms with Gasteiger partial charge >= 0.3 is 6.18 Å². The van der Waals surface area contributed by atoms with Crippen LogP contribution in [-0.4, -0.2) is 5.91 Å². The van der Waals surface area contributed by atoms with Crippen LogP contribution in [0.5, 0.6) is 0 Å². The Morgan fingerprint density at radius 2 is 1.86 bits per heavy atom. The van der Waals surface area contributed by atoms with Gasteiger partial charge in [-0.3, -0.25) is 4.79 Å². The highest BCUT2D eigenvalue weighted by atomic mass is 79.9. The first-order chi connectivity index (χ1) is 9.77. The standard InChI is InChI=1S/C14H10BrF3N2O/c15-11-7-10(4-5-12(11)19)20-13(21)8-2-1-3-9(6-8)14(16,17)18/h1-7H,19H2,(H,20,21). The molecule has 3 N–H and O–H groups in total. The fraction of sp³-hybridized carbons (Fsp3) is 0.0714. The lowest BCUT2D eigenvalue weighted by Crippen LogP contribution is -2.14. The summed E-state index contributed by atoms with van der Waals surface area (Å²) < 4.78 is 38.4. The van der Waals surface area contributed by atoms with E-state index in [0.29, 0.717) is 15.8 Å². The molecular formula is C14H10BrF3N2O. The SMILES string of the molecule is Nc1ccc(NC(=O)c2cccc(C(F)(F)F)c2)cc1Br. The molecule has 2 aromatic carbocycles. The lowest BCUT2D eigenvalue weighted by Gasteiger charge is -2.10. The highest BCUT2D eigenvalue weighted by Crippen LogP contribution is 2.30. The minimum absolute atomic E-state index is 0.0715. The fourth-order valence-corrected chi connectivity index (χ4v) is 2.02. The van der Waals surface area contributed by atoms with Gasteiger partial charge in [-0.05, 0) is 52.3 Å². The molecule has 0 heterocycles. The predicted molar refractivity (Wildman–Crippen MR) is 78.0 cm³/mol. The first-order valence-corrected chi connectivity index (χ1v) is 6.60. The molecule has 0 radical (unpaired) electrons. The van der Waals surface area contributed by atoms with Gasteiger partial charge in [0.25, 0.3) is 5.91 Å². The molecule has 7 heteroatoms. The molecule has 0 aliphatic heterocycles. The highest BCUT2D eigenvalue weighted by molar-refractivity contribution is 9.10. The predicted octanol–water partition coefficient (Wildman–Crippen LogP) is 4.30. The van der Waals surface area contributed by atoms with E-state index in [2.05, 4.69) is 21.2 Å². The van der Waals surface area contributed by atoms with Crippen molar-refractivity contribution in [2.45, 2.75) is 6.18 Å². The van der Waals surface area contributed by atoms with Gasteiger partial charge in [-0.25, -0.2) is 0 Å². The summed E-state index contributed by atoms with van der Waals surface area (Å²) in [5, 5.41) is 2.51. The van der Waals surface area contributed by atoms with Crippen molar-refractivity contribution in [3.05, 3.63) is 58.1 Å². The topological polar surface area (TPSA) is 55.1 Å². The number of alkyl halides is 3. The van der Waals surface area contributed by atoms with E-state index in [-0.39, 0.29) is 5.56 Å². The van der Waals surface area contributed by atoms with Crippen LogP contribution in [0.25, 0.3) is 0 Å². The number of nitrogen functional groups attached to an aromatic ring is 1. The number of rotatable bonds is 2. The van der Waals surface area contributed by atoms with Crippen LogP contribution in [0.15, 0.2) is 46.9 Å². The molecule has 0 aliphatic carbocycles. The molecule has 0 bridgehead atoms. The molecule has 1 amide bonds. The molecule has 0 fully saturated rings. The second-order valence-corrected chi connectivity index (χ2v) is 5.12. The number of nitrogens with one attached hydrogen (secondary N) is 1. The van der Waals surface area contributed by atoms with Crippen LogP contribution in [-0.2, 0) is 6.18 Å². The van der Waals surface area contributed by atoms with E-state index in [4.69, 9.17) is 5.73 Å². The Balaban J connectivity index is 2.22. The maximum absolute atomic E-state index is 12.6. The molecule has 0 saturated carbocycles. The smallest absolute Gasteiger partial charge is 0.398 e. The van der Waals surface area contributed by atoms with E-state index in [1.165, 1.54) is 12.1 Å². The Morgan fingerprint density at radius 1 is 1.14 bits per heavy atom. The number of amides is 1. The van der Waals surface area contributed by atoms with Gasteiger partial charge in [-0.2, -0.15) is 13.2 Å². The summed E-state index contributed by atoms with van der Waals surface area (Å²) in [5.74, 6) is -0.627. The van der Waals surface area contributed by atoms with Crippen molar-refractivity contribution >= 4 is 33.2 Å². The third-order valence-electron chi connectivity index (χ3n) is 2.71. The van der Waals surface area contributed by atoms with Gasteiger partial charge in [-0.1, -0.05) is 6.07 Å². The summed E-state index contributed by atoms with van der Waals surface area (Å²) in [5.41, 5.74) is 5.60. The highest BCUT2D eigenvalue weighted by Gasteiger charge is 2.30. The van der Waals surface area contributed by atoms with Crippen molar-refractivity contribution in [3.63, 3.8) is 0 Å². The van der Waals surface area contributed by atoms with Crippen LogP contribution >= 0.6 is 15.9 Å². The van der Waals surface area contributed by atoms with Gasteiger partial charge in [0.1, 0.15) is 0 Å².